The number of carbonyl (C=O) groups is 2. The van der Waals surface area contributed by atoms with E-state index in [2.05, 4.69) is 20.3 Å². The molecule has 3 N–H and O–H groups in total. The molecule has 0 radical (unpaired) electrons. The summed E-state index contributed by atoms with van der Waals surface area (Å²) < 4.78 is 1.90. The SMILES string of the molecule is CCC(Cn1ccnc1)NC(=O)c1c[nH]c(=O)cn1.O=CO. The molecule has 0 aliphatic heterocycles. The molecule has 0 spiro atoms. The monoisotopic (exact) mass is 307 g/mol. The summed E-state index contributed by atoms with van der Waals surface area (Å²) in [4.78, 5) is 41.3. The van der Waals surface area contributed by atoms with E-state index < -0.39 is 0 Å². The Morgan fingerprint density at radius 1 is 1.59 bits per heavy atom. The zero-order valence-electron chi connectivity index (χ0n) is 12.0. The number of rotatable bonds is 5. The lowest BCUT2D eigenvalue weighted by Gasteiger charge is -2.17. The lowest BCUT2D eigenvalue weighted by Crippen LogP contribution is -2.38. The number of hydrogen-bond donors (Lipinski definition) is 3. The van der Waals surface area contributed by atoms with Crippen LogP contribution in [0.5, 0.6) is 0 Å². The molecule has 1 unspecified atom stereocenters. The molecule has 9 heteroatoms. The third-order valence-electron chi connectivity index (χ3n) is 2.72. The first-order valence-corrected chi connectivity index (χ1v) is 6.49. The first kappa shape index (κ1) is 17.1. The van der Waals surface area contributed by atoms with E-state index in [9.17, 15) is 9.59 Å². The van der Waals surface area contributed by atoms with Gasteiger partial charge >= 0.3 is 0 Å². The number of imidazole rings is 1. The number of nitrogens with one attached hydrogen (secondary N) is 2. The molecule has 22 heavy (non-hydrogen) atoms. The molecule has 0 saturated heterocycles. The third-order valence-corrected chi connectivity index (χ3v) is 2.72. The topological polar surface area (TPSA) is 130 Å². The van der Waals surface area contributed by atoms with Gasteiger partial charge in [-0.1, -0.05) is 6.92 Å². The Balaban J connectivity index is 0.000000745. The largest absolute Gasteiger partial charge is 0.483 e. The van der Waals surface area contributed by atoms with Gasteiger partial charge in [0, 0.05) is 31.2 Å². The molecule has 0 fully saturated rings. The van der Waals surface area contributed by atoms with Crippen molar-refractivity contribution in [2.45, 2.75) is 25.9 Å². The van der Waals surface area contributed by atoms with Gasteiger partial charge in [0.2, 0.25) is 0 Å². The molecule has 2 aromatic heterocycles. The minimum atomic E-state index is -0.331. The van der Waals surface area contributed by atoms with E-state index in [4.69, 9.17) is 9.90 Å². The van der Waals surface area contributed by atoms with Gasteiger partial charge in [0.15, 0.2) is 0 Å². The Hall–Kier alpha value is -2.97. The molecule has 2 aromatic rings. The molecule has 1 amide bonds. The number of aromatic amines is 1. The molecule has 0 saturated carbocycles. The highest BCUT2D eigenvalue weighted by Crippen LogP contribution is 1.99. The van der Waals surface area contributed by atoms with Crippen LogP contribution >= 0.6 is 0 Å². The minimum absolute atomic E-state index is 0.0181. The average Bonchev–Trinajstić information content (AvgIpc) is 3.01. The van der Waals surface area contributed by atoms with Crippen LogP contribution in [-0.2, 0) is 11.3 Å². The lowest BCUT2D eigenvalue weighted by molar-refractivity contribution is -0.122. The summed E-state index contributed by atoms with van der Waals surface area (Å²) in [5.41, 5.74) is -0.134. The zero-order valence-corrected chi connectivity index (χ0v) is 12.0. The van der Waals surface area contributed by atoms with Crippen LogP contribution in [0.2, 0.25) is 0 Å². The average molecular weight is 307 g/mol. The third kappa shape index (κ3) is 5.57. The fourth-order valence-corrected chi connectivity index (χ4v) is 1.65. The fraction of sp³-hybridized carbons (Fsp3) is 0.308. The summed E-state index contributed by atoms with van der Waals surface area (Å²) >= 11 is 0. The second kappa shape index (κ2) is 9.06. The van der Waals surface area contributed by atoms with Crippen LogP contribution in [-0.4, -0.2) is 43.0 Å². The molecule has 9 nitrogen and oxygen atoms in total. The van der Waals surface area contributed by atoms with Crippen molar-refractivity contribution in [1.82, 2.24) is 24.8 Å². The number of H-pyrrole nitrogens is 1. The smallest absolute Gasteiger partial charge is 0.290 e. The summed E-state index contributed by atoms with van der Waals surface area (Å²) in [6.07, 6.45) is 8.42. The second-order valence-electron chi connectivity index (χ2n) is 4.24. The Kier molecular flexibility index (Phi) is 7.03. The van der Waals surface area contributed by atoms with Gasteiger partial charge in [-0.2, -0.15) is 0 Å². The van der Waals surface area contributed by atoms with Crippen molar-refractivity contribution < 1.29 is 14.7 Å². The van der Waals surface area contributed by atoms with Crippen LogP contribution in [0.4, 0.5) is 0 Å². The van der Waals surface area contributed by atoms with Crippen molar-refractivity contribution in [2.24, 2.45) is 0 Å². The van der Waals surface area contributed by atoms with E-state index >= 15 is 0 Å². The van der Waals surface area contributed by atoms with Crippen molar-refractivity contribution in [1.29, 1.82) is 0 Å². The number of carboxylic acid groups (broad SMARTS) is 1. The molecule has 1 atom stereocenters. The van der Waals surface area contributed by atoms with Crippen molar-refractivity contribution in [3.63, 3.8) is 0 Å². The minimum Gasteiger partial charge on any atom is -0.483 e. The van der Waals surface area contributed by atoms with E-state index in [1.54, 1.807) is 12.5 Å². The summed E-state index contributed by atoms with van der Waals surface area (Å²) in [7, 11) is 0. The van der Waals surface area contributed by atoms with Crippen LogP contribution in [0.15, 0.2) is 35.9 Å². The zero-order chi connectivity index (χ0) is 16.4. The molecule has 0 aromatic carbocycles. The lowest BCUT2D eigenvalue weighted by atomic mass is 10.2. The van der Waals surface area contributed by atoms with Gasteiger partial charge in [-0.25, -0.2) is 9.97 Å². The van der Waals surface area contributed by atoms with E-state index in [0.29, 0.717) is 6.54 Å². The summed E-state index contributed by atoms with van der Waals surface area (Å²) in [6.45, 7) is 2.38. The second-order valence-corrected chi connectivity index (χ2v) is 4.24. The number of aromatic nitrogens is 4. The Bertz CT molecular complexity index is 618. The fourth-order valence-electron chi connectivity index (χ4n) is 1.65. The van der Waals surface area contributed by atoms with Gasteiger partial charge in [0.25, 0.3) is 17.9 Å². The van der Waals surface area contributed by atoms with Crippen LogP contribution in [0.25, 0.3) is 0 Å². The Morgan fingerprint density at radius 3 is 2.82 bits per heavy atom. The summed E-state index contributed by atoms with van der Waals surface area (Å²) in [6, 6.07) is -0.0181. The Labute approximate surface area is 126 Å². The molecule has 0 aliphatic rings. The predicted molar refractivity (Wildman–Crippen MR) is 77.3 cm³/mol. The normalized spacial score (nSPS) is 11.0. The molecule has 0 bridgehead atoms. The van der Waals surface area contributed by atoms with Crippen molar-refractivity contribution in [3.05, 3.63) is 47.2 Å². The predicted octanol–water partition coefficient (Wildman–Crippen LogP) is -0.124. The highest BCUT2D eigenvalue weighted by molar-refractivity contribution is 5.92. The van der Waals surface area contributed by atoms with E-state index in [1.165, 1.54) is 6.20 Å². The van der Waals surface area contributed by atoms with E-state index in [0.717, 1.165) is 12.6 Å². The van der Waals surface area contributed by atoms with Crippen molar-refractivity contribution >= 4 is 12.4 Å². The first-order valence-electron chi connectivity index (χ1n) is 6.49. The van der Waals surface area contributed by atoms with Gasteiger partial charge in [0.05, 0.1) is 12.5 Å². The van der Waals surface area contributed by atoms with E-state index in [-0.39, 0.29) is 29.7 Å². The van der Waals surface area contributed by atoms with Crippen LogP contribution < -0.4 is 10.9 Å². The number of carbonyl (C=O) groups excluding carboxylic acids is 1. The maximum Gasteiger partial charge on any atom is 0.290 e. The van der Waals surface area contributed by atoms with Gasteiger partial charge in [-0.15, -0.1) is 0 Å². The van der Waals surface area contributed by atoms with Crippen molar-refractivity contribution in [2.75, 3.05) is 0 Å². The van der Waals surface area contributed by atoms with Crippen LogP contribution in [0, 0.1) is 0 Å². The number of hydrogen-bond acceptors (Lipinski definition) is 5. The summed E-state index contributed by atoms with van der Waals surface area (Å²) in [5, 5.41) is 9.76. The quantitative estimate of drug-likeness (QED) is 0.660. The van der Waals surface area contributed by atoms with Crippen LogP contribution in [0.3, 0.4) is 0 Å². The van der Waals surface area contributed by atoms with Gasteiger partial charge < -0.3 is 20.0 Å². The number of nitrogens with zero attached hydrogens (tertiary/aromatic N) is 3. The van der Waals surface area contributed by atoms with Gasteiger partial charge in [-0.3, -0.25) is 14.4 Å². The maximum absolute atomic E-state index is 11.9. The van der Waals surface area contributed by atoms with Gasteiger partial charge in [0.1, 0.15) is 5.69 Å². The van der Waals surface area contributed by atoms with Gasteiger partial charge in [-0.05, 0) is 6.42 Å². The number of amides is 1. The molecular formula is C13H17N5O4. The molecule has 2 rings (SSSR count). The van der Waals surface area contributed by atoms with Crippen molar-refractivity contribution in [3.8, 4) is 0 Å². The highest BCUT2D eigenvalue weighted by atomic mass is 16.3. The molecule has 118 valence electrons. The highest BCUT2D eigenvalue weighted by Gasteiger charge is 2.13. The standard InChI is InChI=1S/C12H15N5O2.CH2O2/c1-2-9(7-17-4-3-13-8-17)16-12(19)10-5-15-11(18)6-14-10;2-1-3/h3-6,8-9H,2,7H2,1H3,(H,15,18)(H,16,19);1H,(H,2,3). The maximum atomic E-state index is 11.9. The molecule has 0 aliphatic carbocycles. The van der Waals surface area contributed by atoms with Crippen LogP contribution in [0.1, 0.15) is 23.8 Å². The molecular weight excluding hydrogens is 290 g/mol. The van der Waals surface area contributed by atoms with E-state index in [1.807, 2.05) is 17.7 Å². The summed E-state index contributed by atoms with van der Waals surface area (Å²) in [5.74, 6) is -0.303. The Morgan fingerprint density at radius 2 is 2.32 bits per heavy atom. The molecule has 2 heterocycles. The first-order chi connectivity index (χ1) is 10.6.